The van der Waals surface area contributed by atoms with Gasteiger partial charge in [0.15, 0.2) is 0 Å². The molecule has 1 unspecified atom stereocenters. The van der Waals surface area contributed by atoms with Crippen LogP contribution in [0.15, 0.2) is 0 Å². The highest BCUT2D eigenvalue weighted by Crippen LogP contribution is 2.58. The molecule has 5 saturated carbocycles. The van der Waals surface area contributed by atoms with Crippen LogP contribution in [0.3, 0.4) is 0 Å². The van der Waals surface area contributed by atoms with Gasteiger partial charge in [0.1, 0.15) is 0 Å². The Balaban J connectivity index is 1.47. The first-order chi connectivity index (χ1) is 9.83. The third-order valence-electron chi connectivity index (χ3n) is 7.29. The normalized spacial score (nSPS) is 45.1. The molecule has 0 saturated heterocycles. The van der Waals surface area contributed by atoms with Gasteiger partial charge in [0.2, 0.25) is 0 Å². The van der Waals surface area contributed by atoms with Gasteiger partial charge in [0.05, 0.1) is 0 Å². The second kappa shape index (κ2) is 5.63. The zero-order valence-electron chi connectivity index (χ0n) is 13.3. The van der Waals surface area contributed by atoms with Gasteiger partial charge in [-0.1, -0.05) is 32.6 Å². The van der Waals surface area contributed by atoms with Crippen molar-refractivity contribution < 1.29 is 0 Å². The fourth-order valence-electron chi connectivity index (χ4n) is 6.87. The SMILES string of the molecule is CCNC(CC1CCCC1)C1C2CC3CC(C2)CC1C3. The minimum absolute atomic E-state index is 0.859. The van der Waals surface area contributed by atoms with E-state index in [0.29, 0.717) is 0 Å². The molecule has 1 heteroatoms. The topological polar surface area (TPSA) is 12.0 Å². The molecule has 5 aliphatic carbocycles. The summed E-state index contributed by atoms with van der Waals surface area (Å²) in [6, 6.07) is 0.859. The number of rotatable bonds is 5. The molecular weight excluding hydrogens is 242 g/mol. The molecule has 0 heterocycles. The molecule has 0 spiro atoms. The molecule has 5 rings (SSSR count). The van der Waals surface area contributed by atoms with Crippen molar-refractivity contribution in [2.45, 2.75) is 77.2 Å². The minimum Gasteiger partial charge on any atom is -0.314 e. The Morgan fingerprint density at radius 1 is 0.900 bits per heavy atom. The van der Waals surface area contributed by atoms with Crippen LogP contribution in [0.4, 0.5) is 0 Å². The zero-order valence-corrected chi connectivity index (χ0v) is 13.3. The predicted octanol–water partition coefficient (Wildman–Crippen LogP) is 4.62. The summed E-state index contributed by atoms with van der Waals surface area (Å²) < 4.78 is 0. The molecule has 0 aromatic carbocycles. The van der Waals surface area contributed by atoms with Gasteiger partial charge in [0, 0.05) is 6.04 Å². The minimum atomic E-state index is 0.859. The van der Waals surface area contributed by atoms with Crippen molar-refractivity contribution in [3.63, 3.8) is 0 Å². The lowest BCUT2D eigenvalue weighted by molar-refractivity contribution is -0.0546. The highest BCUT2D eigenvalue weighted by Gasteiger charge is 2.50. The molecule has 0 aromatic heterocycles. The zero-order chi connectivity index (χ0) is 13.5. The first kappa shape index (κ1) is 13.6. The maximum absolute atomic E-state index is 3.94. The van der Waals surface area contributed by atoms with Crippen LogP contribution in [-0.2, 0) is 0 Å². The van der Waals surface area contributed by atoms with Crippen molar-refractivity contribution in [1.29, 1.82) is 0 Å². The Hall–Kier alpha value is -0.0400. The van der Waals surface area contributed by atoms with Crippen molar-refractivity contribution >= 4 is 0 Å². The predicted molar refractivity (Wildman–Crippen MR) is 84.6 cm³/mol. The number of hydrogen-bond acceptors (Lipinski definition) is 1. The maximum atomic E-state index is 3.94. The Kier molecular flexibility index (Phi) is 3.83. The van der Waals surface area contributed by atoms with Crippen molar-refractivity contribution in [2.24, 2.45) is 35.5 Å². The van der Waals surface area contributed by atoms with Crippen LogP contribution in [0.1, 0.15) is 71.1 Å². The van der Waals surface area contributed by atoms with E-state index < -0.39 is 0 Å². The van der Waals surface area contributed by atoms with Crippen LogP contribution >= 0.6 is 0 Å². The van der Waals surface area contributed by atoms with Crippen LogP contribution in [0.2, 0.25) is 0 Å². The molecule has 1 nitrogen and oxygen atoms in total. The van der Waals surface area contributed by atoms with E-state index in [9.17, 15) is 0 Å². The van der Waals surface area contributed by atoms with Crippen LogP contribution in [0.25, 0.3) is 0 Å². The van der Waals surface area contributed by atoms with E-state index in [1.807, 2.05) is 0 Å². The summed E-state index contributed by atoms with van der Waals surface area (Å²) in [6.45, 7) is 3.50. The fourth-order valence-corrected chi connectivity index (χ4v) is 6.87. The molecule has 0 aromatic rings. The summed E-state index contributed by atoms with van der Waals surface area (Å²) in [5.74, 6) is 6.54. The van der Waals surface area contributed by atoms with E-state index in [1.165, 1.54) is 38.6 Å². The quantitative estimate of drug-likeness (QED) is 0.772. The Bertz CT molecular complexity index is 303. The van der Waals surface area contributed by atoms with Gasteiger partial charge in [-0.3, -0.25) is 0 Å². The second-order valence-electron chi connectivity index (χ2n) is 8.56. The largest absolute Gasteiger partial charge is 0.314 e. The standard InChI is InChI=1S/C19H33N/c1-2-20-18(12-13-5-3-4-6-13)19-16-8-14-7-15(10-16)11-17(19)9-14/h13-20H,2-12H2,1H3. The third-order valence-corrected chi connectivity index (χ3v) is 7.29. The van der Waals surface area contributed by atoms with Crippen LogP contribution < -0.4 is 5.32 Å². The average molecular weight is 275 g/mol. The van der Waals surface area contributed by atoms with Gasteiger partial charge in [-0.15, -0.1) is 0 Å². The molecule has 0 aliphatic heterocycles. The first-order valence-corrected chi connectivity index (χ1v) is 9.56. The molecule has 20 heavy (non-hydrogen) atoms. The Labute approximate surface area is 125 Å². The second-order valence-corrected chi connectivity index (χ2v) is 8.56. The molecular formula is C19H33N. The molecule has 0 amide bonds. The number of hydrogen-bond donors (Lipinski definition) is 1. The summed E-state index contributed by atoms with van der Waals surface area (Å²) in [4.78, 5) is 0. The van der Waals surface area contributed by atoms with E-state index in [1.54, 1.807) is 32.1 Å². The molecule has 5 fully saturated rings. The van der Waals surface area contributed by atoms with Gasteiger partial charge in [-0.05, 0) is 80.6 Å². The molecule has 0 radical (unpaired) electrons. The van der Waals surface area contributed by atoms with Crippen molar-refractivity contribution in [3.8, 4) is 0 Å². The smallest absolute Gasteiger partial charge is 0.0103 e. The summed E-state index contributed by atoms with van der Waals surface area (Å²) in [5.41, 5.74) is 0. The summed E-state index contributed by atoms with van der Waals surface area (Å²) in [5, 5.41) is 3.94. The molecule has 1 N–H and O–H groups in total. The molecule has 5 aliphatic rings. The lowest BCUT2D eigenvalue weighted by atomic mass is 9.50. The van der Waals surface area contributed by atoms with E-state index in [2.05, 4.69) is 12.2 Å². The van der Waals surface area contributed by atoms with Gasteiger partial charge in [0.25, 0.3) is 0 Å². The Morgan fingerprint density at radius 2 is 1.50 bits per heavy atom. The van der Waals surface area contributed by atoms with E-state index in [0.717, 1.165) is 41.5 Å². The summed E-state index contributed by atoms with van der Waals surface area (Å²) in [6.07, 6.45) is 15.5. The average Bonchev–Trinajstić information content (AvgIpc) is 2.90. The van der Waals surface area contributed by atoms with Gasteiger partial charge < -0.3 is 5.32 Å². The highest BCUT2D eigenvalue weighted by molar-refractivity contribution is 5.02. The maximum Gasteiger partial charge on any atom is 0.0103 e. The first-order valence-electron chi connectivity index (χ1n) is 9.56. The fraction of sp³-hybridized carbons (Fsp3) is 1.00. The van der Waals surface area contributed by atoms with Crippen molar-refractivity contribution in [2.75, 3.05) is 6.54 Å². The van der Waals surface area contributed by atoms with Gasteiger partial charge in [-0.25, -0.2) is 0 Å². The third kappa shape index (κ3) is 2.45. The monoisotopic (exact) mass is 275 g/mol. The van der Waals surface area contributed by atoms with Crippen molar-refractivity contribution in [1.82, 2.24) is 5.32 Å². The lowest BCUT2D eigenvalue weighted by Crippen LogP contribution is -2.53. The van der Waals surface area contributed by atoms with Crippen LogP contribution in [0.5, 0.6) is 0 Å². The van der Waals surface area contributed by atoms with Crippen LogP contribution in [0, 0.1) is 35.5 Å². The molecule has 1 atom stereocenters. The van der Waals surface area contributed by atoms with E-state index >= 15 is 0 Å². The lowest BCUT2D eigenvalue weighted by Gasteiger charge is -2.56. The van der Waals surface area contributed by atoms with Gasteiger partial charge >= 0.3 is 0 Å². The summed E-state index contributed by atoms with van der Waals surface area (Å²) >= 11 is 0. The molecule has 4 bridgehead atoms. The van der Waals surface area contributed by atoms with E-state index in [-0.39, 0.29) is 0 Å². The summed E-state index contributed by atoms with van der Waals surface area (Å²) in [7, 11) is 0. The highest BCUT2D eigenvalue weighted by atomic mass is 14.9. The van der Waals surface area contributed by atoms with Crippen molar-refractivity contribution in [3.05, 3.63) is 0 Å². The van der Waals surface area contributed by atoms with Gasteiger partial charge in [-0.2, -0.15) is 0 Å². The van der Waals surface area contributed by atoms with Crippen LogP contribution in [-0.4, -0.2) is 12.6 Å². The Morgan fingerprint density at radius 3 is 2.05 bits per heavy atom. The number of nitrogens with one attached hydrogen (secondary N) is 1. The molecule has 114 valence electrons. The van der Waals surface area contributed by atoms with E-state index in [4.69, 9.17) is 0 Å².